The Morgan fingerprint density at radius 3 is 2.67 bits per heavy atom. The van der Waals surface area contributed by atoms with Crippen molar-refractivity contribution in [3.63, 3.8) is 0 Å². The molecule has 0 unspecified atom stereocenters. The highest BCUT2D eigenvalue weighted by molar-refractivity contribution is 14.1. The van der Waals surface area contributed by atoms with Crippen molar-refractivity contribution in [2.75, 3.05) is 7.11 Å². The molecule has 2 rings (SSSR count). The molecule has 0 atom stereocenters. The Morgan fingerprint density at radius 1 is 1.53 bits per heavy atom. The third kappa shape index (κ3) is 2.10. The van der Waals surface area contributed by atoms with Gasteiger partial charge in [0.25, 0.3) is 0 Å². The van der Waals surface area contributed by atoms with Crippen molar-refractivity contribution in [1.29, 1.82) is 0 Å². The normalized spacial score (nSPS) is 15.1. The van der Waals surface area contributed by atoms with Crippen LogP contribution in [0.25, 0.3) is 0 Å². The molecule has 0 heterocycles. The summed E-state index contributed by atoms with van der Waals surface area (Å²) >= 11 is 7.36. The van der Waals surface area contributed by atoms with Crippen LogP contribution in [0.15, 0.2) is 12.1 Å². The zero-order valence-electron chi connectivity index (χ0n) is 8.42. The SMILES string of the molecule is COc1c(C(N)=S)ccc(I)c1C1CC1. The quantitative estimate of drug-likeness (QED) is 0.682. The second kappa shape index (κ2) is 4.25. The van der Waals surface area contributed by atoms with E-state index in [1.165, 1.54) is 22.0 Å². The predicted octanol–water partition coefficient (Wildman–Crippen LogP) is 2.81. The smallest absolute Gasteiger partial charge is 0.133 e. The molecule has 0 aliphatic heterocycles. The lowest BCUT2D eigenvalue weighted by atomic mass is 10.0. The van der Waals surface area contributed by atoms with E-state index in [1.807, 2.05) is 6.07 Å². The van der Waals surface area contributed by atoms with Gasteiger partial charge in [0.15, 0.2) is 0 Å². The summed E-state index contributed by atoms with van der Waals surface area (Å²) in [6.45, 7) is 0. The van der Waals surface area contributed by atoms with Crippen LogP contribution in [0, 0.1) is 3.57 Å². The van der Waals surface area contributed by atoms with Crippen LogP contribution in [-0.2, 0) is 0 Å². The van der Waals surface area contributed by atoms with Crippen LogP contribution in [0.4, 0.5) is 0 Å². The lowest BCUT2D eigenvalue weighted by molar-refractivity contribution is 0.408. The fraction of sp³-hybridized carbons (Fsp3) is 0.364. The lowest BCUT2D eigenvalue weighted by Gasteiger charge is -2.14. The van der Waals surface area contributed by atoms with Gasteiger partial charge in [-0.15, -0.1) is 0 Å². The molecule has 2 N–H and O–H groups in total. The number of benzene rings is 1. The van der Waals surface area contributed by atoms with Gasteiger partial charge in [-0.05, 0) is 53.5 Å². The molecule has 1 aliphatic rings. The Kier molecular flexibility index (Phi) is 3.16. The second-order valence-corrected chi connectivity index (χ2v) is 5.28. The van der Waals surface area contributed by atoms with E-state index in [4.69, 9.17) is 22.7 Å². The zero-order chi connectivity index (χ0) is 11.0. The average Bonchev–Trinajstić information content (AvgIpc) is 3.00. The minimum atomic E-state index is 0.408. The van der Waals surface area contributed by atoms with Crippen molar-refractivity contribution >= 4 is 39.8 Å². The molecule has 0 bridgehead atoms. The monoisotopic (exact) mass is 333 g/mol. The summed E-state index contributed by atoms with van der Waals surface area (Å²) in [6, 6.07) is 4.00. The molecule has 15 heavy (non-hydrogen) atoms. The van der Waals surface area contributed by atoms with Gasteiger partial charge in [-0.3, -0.25) is 0 Å². The number of thiocarbonyl (C=S) groups is 1. The number of hydrogen-bond acceptors (Lipinski definition) is 2. The van der Waals surface area contributed by atoms with Crippen molar-refractivity contribution in [1.82, 2.24) is 0 Å². The molecule has 80 valence electrons. The molecule has 0 radical (unpaired) electrons. The predicted molar refractivity (Wildman–Crippen MR) is 73.6 cm³/mol. The molecule has 4 heteroatoms. The Balaban J connectivity index is 2.58. The lowest BCUT2D eigenvalue weighted by Crippen LogP contribution is -2.12. The van der Waals surface area contributed by atoms with E-state index in [0.717, 1.165) is 11.3 Å². The molecule has 1 aromatic carbocycles. The van der Waals surface area contributed by atoms with E-state index in [9.17, 15) is 0 Å². The molecular weight excluding hydrogens is 321 g/mol. The standard InChI is InChI=1S/C11H12INOS/c1-14-10-7(11(13)15)4-5-8(12)9(10)6-2-3-6/h4-6H,2-3H2,1H3,(H2,13,15). The summed E-state index contributed by atoms with van der Waals surface area (Å²) in [4.78, 5) is 0.408. The highest BCUT2D eigenvalue weighted by atomic mass is 127. The average molecular weight is 333 g/mol. The van der Waals surface area contributed by atoms with E-state index in [1.54, 1.807) is 7.11 Å². The molecule has 1 aliphatic carbocycles. The van der Waals surface area contributed by atoms with Crippen LogP contribution >= 0.6 is 34.8 Å². The highest BCUT2D eigenvalue weighted by Gasteiger charge is 2.30. The minimum Gasteiger partial charge on any atom is -0.496 e. The molecule has 0 amide bonds. The van der Waals surface area contributed by atoms with Gasteiger partial charge < -0.3 is 10.5 Å². The van der Waals surface area contributed by atoms with E-state index < -0.39 is 0 Å². The van der Waals surface area contributed by atoms with E-state index in [2.05, 4.69) is 28.7 Å². The fourth-order valence-electron chi connectivity index (χ4n) is 1.74. The summed E-state index contributed by atoms with van der Waals surface area (Å²) < 4.78 is 6.69. The Hall–Kier alpha value is -0.360. The third-order valence-electron chi connectivity index (χ3n) is 2.60. The molecular formula is C11H12INOS. The number of hydrogen-bond donors (Lipinski definition) is 1. The Morgan fingerprint density at radius 2 is 2.20 bits per heavy atom. The highest BCUT2D eigenvalue weighted by Crippen LogP contribution is 2.47. The first-order valence-electron chi connectivity index (χ1n) is 4.81. The fourth-order valence-corrected chi connectivity index (χ4v) is 2.77. The summed E-state index contributed by atoms with van der Waals surface area (Å²) in [5.74, 6) is 1.51. The molecule has 1 fully saturated rings. The number of halogens is 1. The zero-order valence-corrected chi connectivity index (χ0v) is 11.4. The van der Waals surface area contributed by atoms with Crippen LogP contribution in [0.1, 0.15) is 29.9 Å². The molecule has 1 saturated carbocycles. The van der Waals surface area contributed by atoms with Crippen LogP contribution in [0.5, 0.6) is 5.75 Å². The first-order chi connectivity index (χ1) is 7.15. The van der Waals surface area contributed by atoms with Gasteiger partial charge >= 0.3 is 0 Å². The number of rotatable bonds is 3. The summed E-state index contributed by atoms with van der Waals surface area (Å²) in [5.41, 5.74) is 7.82. The van der Waals surface area contributed by atoms with E-state index in [0.29, 0.717) is 10.9 Å². The first kappa shape index (κ1) is 11.1. The van der Waals surface area contributed by atoms with Crippen molar-refractivity contribution in [2.24, 2.45) is 5.73 Å². The maximum Gasteiger partial charge on any atom is 0.133 e. The first-order valence-corrected chi connectivity index (χ1v) is 6.30. The van der Waals surface area contributed by atoms with Crippen LogP contribution < -0.4 is 10.5 Å². The van der Waals surface area contributed by atoms with Crippen LogP contribution in [0.3, 0.4) is 0 Å². The van der Waals surface area contributed by atoms with Gasteiger partial charge in [0.2, 0.25) is 0 Å². The third-order valence-corrected chi connectivity index (χ3v) is 3.76. The number of ether oxygens (including phenoxy) is 1. The van der Waals surface area contributed by atoms with Gasteiger partial charge in [-0.1, -0.05) is 12.2 Å². The Labute approximate surface area is 108 Å². The van der Waals surface area contributed by atoms with Gasteiger partial charge in [-0.25, -0.2) is 0 Å². The topological polar surface area (TPSA) is 35.2 Å². The molecule has 0 saturated heterocycles. The van der Waals surface area contributed by atoms with Gasteiger partial charge in [0.1, 0.15) is 10.7 Å². The summed E-state index contributed by atoms with van der Waals surface area (Å²) in [5, 5.41) is 0. The maximum absolute atomic E-state index is 5.68. The van der Waals surface area contributed by atoms with Gasteiger partial charge in [0.05, 0.1) is 12.7 Å². The van der Waals surface area contributed by atoms with E-state index >= 15 is 0 Å². The van der Waals surface area contributed by atoms with Crippen molar-refractivity contribution < 1.29 is 4.74 Å². The van der Waals surface area contributed by atoms with Gasteiger partial charge in [-0.2, -0.15) is 0 Å². The Bertz CT molecular complexity index is 415. The largest absolute Gasteiger partial charge is 0.496 e. The number of methoxy groups -OCH3 is 1. The summed E-state index contributed by atoms with van der Waals surface area (Å²) in [6.07, 6.45) is 2.49. The van der Waals surface area contributed by atoms with Crippen molar-refractivity contribution in [3.05, 3.63) is 26.8 Å². The summed E-state index contributed by atoms with van der Waals surface area (Å²) in [7, 11) is 1.68. The number of nitrogens with two attached hydrogens (primary N) is 1. The van der Waals surface area contributed by atoms with Crippen LogP contribution in [0.2, 0.25) is 0 Å². The minimum absolute atomic E-state index is 0.408. The molecule has 0 spiro atoms. The molecule has 2 nitrogen and oxygen atoms in total. The van der Waals surface area contributed by atoms with Crippen molar-refractivity contribution in [2.45, 2.75) is 18.8 Å². The van der Waals surface area contributed by atoms with Gasteiger partial charge in [0, 0.05) is 9.13 Å². The second-order valence-electron chi connectivity index (χ2n) is 3.68. The maximum atomic E-state index is 5.68. The van der Waals surface area contributed by atoms with E-state index in [-0.39, 0.29) is 0 Å². The van der Waals surface area contributed by atoms with Crippen molar-refractivity contribution in [3.8, 4) is 5.75 Å². The van der Waals surface area contributed by atoms with Crippen LogP contribution in [-0.4, -0.2) is 12.1 Å². The molecule has 1 aromatic rings. The molecule has 0 aromatic heterocycles.